The highest BCUT2D eigenvalue weighted by Gasteiger charge is 2.32. The van der Waals surface area contributed by atoms with Crippen molar-refractivity contribution in [2.45, 2.75) is 24.5 Å². The van der Waals surface area contributed by atoms with Crippen LogP contribution in [0, 0.1) is 6.92 Å². The second kappa shape index (κ2) is 6.05. The number of hydrogen-bond acceptors (Lipinski definition) is 3. The maximum atomic E-state index is 12.4. The van der Waals surface area contributed by atoms with E-state index in [9.17, 15) is 21.6 Å². The zero-order chi connectivity index (χ0) is 16.4. The minimum Gasteiger partial charge on any atom is -0.251 e. The number of hydrogen-bond donors (Lipinski definition) is 1. The lowest BCUT2D eigenvalue weighted by Crippen LogP contribution is -2.23. The molecule has 1 heterocycles. The number of sulfonamides is 1. The van der Waals surface area contributed by atoms with Crippen molar-refractivity contribution in [3.8, 4) is 0 Å². The normalized spacial score (nSPS) is 12.4. The predicted octanol–water partition coefficient (Wildman–Crippen LogP) is 2.89. The number of nitrogens with one attached hydrogen (secondary N) is 1. The topological polar surface area (TPSA) is 59.1 Å². The van der Waals surface area contributed by atoms with E-state index < -0.39 is 21.9 Å². The minimum atomic E-state index is -4.51. The molecular formula is C14H13F3N2O2S. The van der Waals surface area contributed by atoms with Crippen LogP contribution in [0.5, 0.6) is 0 Å². The zero-order valence-electron chi connectivity index (χ0n) is 11.6. The fourth-order valence-electron chi connectivity index (χ4n) is 1.68. The fraction of sp³-hybridized carbons (Fsp3) is 0.214. The van der Waals surface area contributed by atoms with Gasteiger partial charge in [-0.3, -0.25) is 4.98 Å². The van der Waals surface area contributed by atoms with Crippen LogP contribution in [-0.4, -0.2) is 13.4 Å². The molecule has 0 unspecified atom stereocenters. The lowest BCUT2D eigenvalue weighted by Gasteiger charge is -2.08. The Morgan fingerprint density at radius 2 is 1.73 bits per heavy atom. The molecule has 0 atom stereocenters. The SMILES string of the molecule is Cc1ccc(S(=O)(=O)NCc2ccc(C(F)(F)F)nc2)cc1. The van der Waals surface area contributed by atoms with Crippen molar-refractivity contribution in [3.63, 3.8) is 0 Å². The quantitative estimate of drug-likeness (QED) is 0.938. The molecule has 0 aliphatic carbocycles. The molecule has 2 aromatic rings. The summed E-state index contributed by atoms with van der Waals surface area (Å²) in [5.74, 6) is 0. The molecule has 1 aromatic carbocycles. The van der Waals surface area contributed by atoms with E-state index in [1.165, 1.54) is 18.2 Å². The van der Waals surface area contributed by atoms with Crippen molar-refractivity contribution in [1.29, 1.82) is 0 Å². The molecule has 2 rings (SSSR count). The average Bonchev–Trinajstić information content (AvgIpc) is 2.45. The summed E-state index contributed by atoms with van der Waals surface area (Å²) in [6.45, 7) is 1.69. The molecule has 1 aromatic heterocycles. The molecule has 22 heavy (non-hydrogen) atoms. The van der Waals surface area contributed by atoms with Crippen LogP contribution < -0.4 is 4.72 Å². The Kier molecular flexibility index (Phi) is 4.52. The number of nitrogens with zero attached hydrogens (tertiary/aromatic N) is 1. The summed E-state index contributed by atoms with van der Waals surface area (Å²) in [5.41, 5.74) is 0.243. The molecule has 1 N–H and O–H groups in total. The lowest BCUT2D eigenvalue weighted by atomic mass is 10.2. The summed E-state index contributed by atoms with van der Waals surface area (Å²) in [5, 5.41) is 0. The van der Waals surface area contributed by atoms with Gasteiger partial charge in [-0.05, 0) is 30.7 Å². The monoisotopic (exact) mass is 330 g/mol. The zero-order valence-corrected chi connectivity index (χ0v) is 12.4. The standard InChI is InChI=1S/C14H13F3N2O2S/c1-10-2-5-12(6-3-10)22(20,21)19-9-11-4-7-13(18-8-11)14(15,16)17/h2-8,19H,9H2,1H3. The molecule has 0 bridgehead atoms. The second-order valence-electron chi connectivity index (χ2n) is 4.69. The predicted molar refractivity (Wildman–Crippen MR) is 74.4 cm³/mol. The van der Waals surface area contributed by atoms with E-state index in [4.69, 9.17) is 0 Å². The van der Waals surface area contributed by atoms with E-state index in [2.05, 4.69) is 9.71 Å². The maximum Gasteiger partial charge on any atom is 0.433 e. The van der Waals surface area contributed by atoms with E-state index >= 15 is 0 Å². The first-order valence-electron chi connectivity index (χ1n) is 6.27. The Morgan fingerprint density at radius 3 is 2.23 bits per heavy atom. The number of aryl methyl sites for hydroxylation is 1. The van der Waals surface area contributed by atoms with Gasteiger partial charge in [0.25, 0.3) is 0 Å². The molecule has 0 saturated heterocycles. The van der Waals surface area contributed by atoms with Gasteiger partial charge in [0.05, 0.1) is 4.90 Å². The van der Waals surface area contributed by atoms with Crippen molar-refractivity contribution in [2.75, 3.05) is 0 Å². The molecule has 0 spiro atoms. The van der Waals surface area contributed by atoms with Crippen LogP contribution in [0.4, 0.5) is 13.2 Å². The van der Waals surface area contributed by atoms with Crippen LogP contribution in [-0.2, 0) is 22.7 Å². The smallest absolute Gasteiger partial charge is 0.251 e. The Labute approximate surface area is 126 Å². The molecule has 0 fully saturated rings. The first kappa shape index (κ1) is 16.4. The average molecular weight is 330 g/mol. The van der Waals surface area contributed by atoms with Crippen molar-refractivity contribution < 1.29 is 21.6 Å². The van der Waals surface area contributed by atoms with Crippen LogP contribution >= 0.6 is 0 Å². The largest absolute Gasteiger partial charge is 0.433 e. The molecular weight excluding hydrogens is 317 g/mol. The molecule has 0 saturated carbocycles. The van der Waals surface area contributed by atoms with Gasteiger partial charge in [0.2, 0.25) is 10.0 Å². The lowest BCUT2D eigenvalue weighted by molar-refractivity contribution is -0.141. The van der Waals surface area contributed by atoms with E-state index in [0.717, 1.165) is 17.8 Å². The van der Waals surface area contributed by atoms with Gasteiger partial charge in [0.1, 0.15) is 5.69 Å². The van der Waals surface area contributed by atoms with Crippen LogP contribution in [0.1, 0.15) is 16.8 Å². The van der Waals surface area contributed by atoms with Gasteiger partial charge >= 0.3 is 6.18 Å². The first-order chi connectivity index (χ1) is 10.2. The van der Waals surface area contributed by atoms with E-state index in [0.29, 0.717) is 5.56 Å². The molecule has 4 nitrogen and oxygen atoms in total. The molecule has 0 aliphatic rings. The molecule has 8 heteroatoms. The summed E-state index contributed by atoms with van der Waals surface area (Å²) < 4.78 is 63.5. The molecule has 118 valence electrons. The van der Waals surface area contributed by atoms with Gasteiger partial charge in [-0.25, -0.2) is 13.1 Å². The summed E-state index contributed by atoms with van der Waals surface area (Å²) >= 11 is 0. The van der Waals surface area contributed by atoms with Gasteiger partial charge < -0.3 is 0 Å². The van der Waals surface area contributed by atoms with E-state index in [-0.39, 0.29) is 11.4 Å². The van der Waals surface area contributed by atoms with Gasteiger partial charge in [0, 0.05) is 12.7 Å². The molecule has 0 amide bonds. The summed E-state index contributed by atoms with van der Waals surface area (Å²) in [6, 6.07) is 8.25. The third kappa shape index (κ3) is 4.05. The summed E-state index contributed by atoms with van der Waals surface area (Å²) in [4.78, 5) is 3.37. The maximum absolute atomic E-state index is 12.4. The Morgan fingerprint density at radius 1 is 1.09 bits per heavy atom. The van der Waals surface area contributed by atoms with Crippen LogP contribution in [0.3, 0.4) is 0 Å². The fourth-order valence-corrected chi connectivity index (χ4v) is 2.69. The van der Waals surface area contributed by atoms with Crippen molar-refractivity contribution >= 4 is 10.0 Å². The summed E-state index contributed by atoms with van der Waals surface area (Å²) in [7, 11) is -3.71. The van der Waals surface area contributed by atoms with E-state index in [1.54, 1.807) is 12.1 Å². The van der Waals surface area contributed by atoms with Crippen LogP contribution in [0.2, 0.25) is 0 Å². The summed E-state index contributed by atoms with van der Waals surface area (Å²) in [6.07, 6.45) is -3.51. The number of pyridine rings is 1. The Hall–Kier alpha value is -1.93. The number of benzene rings is 1. The van der Waals surface area contributed by atoms with Crippen molar-refractivity contribution in [1.82, 2.24) is 9.71 Å². The number of aromatic nitrogens is 1. The van der Waals surface area contributed by atoms with Gasteiger partial charge in [-0.1, -0.05) is 23.8 Å². The Bertz CT molecular complexity index is 739. The highest BCUT2D eigenvalue weighted by Crippen LogP contribution is 2.27. The Balaban J connectivity index is 2.07. The number of alkyl halides is 3. The third-order valence-corrected chi connectivity index (χ3v) is 4.33. The third-order valence-electron chi connectivity index (χ3n) is 2.91. The van der Waals surface area contributed by atoms with E-state index in [1.807, 2.05) is 6.92 Å². The molecule has 0 aliphatic heterocycles. The number of rotatable bonds is 4. The highest BCUT2D eigenvalue weighted by molar-refractivity contribution is 7.89. The van der Waals surface area contributed by atoms with Crippen LogP contribution in [0.15, 0.2) is 47.5 Å². The van der Waals surface area contributed by atoms with Crippen LogP contribution in [0.25, 0.3) is 0 Å². The minimum absolute atomic E-state index is 0.0953. The van der Waals surface area contributed by atoms with Gasteiger partial charge in [-0.15, -0.1) is 0 Å². The first-order valence-corrected chi connectivity index (χ1v) is 7.75. The van der Waals surface area contributed by atoms with Crippen molar-refractivity contribution in [2.24, 2.45) is 0 Å². The second-order valence-corrected chi connectivity index (χ2v) is 6.45. The van der Waals surface area contributed by atoms with Gasteiger partial charge in [-0.2, -0.15) is 13.2 Å². The number of halogens is 3. The molecule has 0 radical (unpaired) electrons. The van der Waals surface area contributed by atoms with Gasteiger partial charge in [0.15, 0.2) is 0 Å². The van der Waals surface area contributed by atoms with Crippen molar-refractivity contribution in [3.05, 3.63) is 59.4 Å². The highest BCUT2D eigenvalue weighted by atomic mass is 32.2.